The fourth-order valence-electron chi connectivity index (χ4n) is 2.63. The molecule has 1 aliphatic heterocycles. The summed E-state index contributed by atoms with van der Waals surface area (Å²) in [6, 6.07) is 1.74. The maximum Gasteiger partial charge on any atom is 0.269 e. The number of nitrogens with one attached hydrogen (secondary N) is 1. The second-order valence-corrected chi connectivity index (χ2v) is 6.50. The molecule has 1 fully saturated rings. The van der Waals surface area contributed by atoms with Crippen molar-refractivity contribution in [2.75, 3.05) is 13.1 Å². The number of nitrogens with zero attached hydrogens (tertiary/aromatic N) is 4. The van der Waals surface area contributed by atoms with E-state index in [1.54, 1.807) is 6.07 Å². The molecule has 3 heterocycles. The van der Waals surface area contributed by atoms with E-state index < -0.39 is 5.91 Å². The lowest BCUT2D eigenvalue weighted by molar-refractivity contribution is 0.0995. The summed E-state index contributed by atoms with van der Waals surface area (Å²) < 4.78 is 4.50. The molecule has 112 valence electrons. The molecule has 1 saturated heterocycles. The van der Waals surface area contributed by atoms with E-state index in [-0.39, 0.29) is 5.69 Å². The Morgan fingerprint density at radius 2 is 2.48 bits per heavy atom. The van der Waals surface area contributed by atoms with Gasteiger partial charge in [-0.1, -0.05) is 16.1 Å². The molecule has 1 aliphatic rings. The monoisotopic (exact) mass is 326 g/mol. The Bertz CT molecular complexity index is 641. The number of H-pyrrole nitrogens is 1. The van der Waals surface area contributed by atoms with Crippen LogP contribution in [0.5, 0.6) is 0 Å². The van der Waals surface area contributed by atoms with Crippen molar-refractivity contribution in [3.63, 3.8) is 0 Å². The minimum Gasteiger partial charge on any atom is -0.364 e. The van der Waals surface area contributed by atoms with Gasteiger partial charge in [0.15, 0.2) is 0 Å². The molecule has 0 bridgehead atoms. The van der Waals surface area contributed by atoms with Crippen LogP contribution in [0.3, 0.4) is 0 Å². The third-order valence-corrected chi connectivity index (χ3v) is 4.66. The van der Waals surface area contributed by atoms with Crippen molar-refractivity contribution in [1.29, 1.82) is 0 Å². The highest BCUT2D eigenvalue weighted by molar-refractivity contribution is 7.10. The molecule has 2 aromatic rings. The molecule has 7 nitrogen and oxygen atoms in total. The molecular formula is C12H15ClN6OS. The van der Waals surface area contributed by atoms with Crippen LogP contribution < -0.4 is 5.73 Å². The van der Waals surface area contributed by atoms with Gasteiger partial charge in [0, 0.05) is 36.2 Å². The van der Waals surface area contributed by atoms with Crippen LogP contribution in [0.2, 0.25) is 4.34 Å². The van der Waals surface area contributed by atoms with Crippen LogP contribution in [0, 0.1) is 0 Å². The van der Waals surface area contributed by atoms with E-state index in [2.05, 4.69) is 24.7 Å². The van der Waals surface area contributed by atoms with Gasteiger partial charge in [-0.3, -0.25) is 14.8 Å². The minimum absolute atomic E-state index is 0.286. The molecule has 1 amide bonds. The summed E-state index contributed by atoms with van der Waals surface area (Å²) >= 11 is 7.26. The van der Waals surface area contributed by atoms with Crippen molar-refractivity contribution < 1.29 is 4.79 Å². The Hall–Kier alpha value is -1.51. The van der Waals surface area contributed by atoms with Crippen LogP contribution in [0.15, 0.2) is 6.07 Å². The van der Waals surface area contributed by atoms with Gasteiger partial charge in [-0.15, -0.1) is 5.10 Å². The Morgan fingerprint density at radius 3 is 3.14 bits per heavy atom. The average Bonchev–Trinajstić information content (AvgIpc) is 3.09. The standard InChI is InChI=1S/C12H15ClN6OS/c13-11-10(17-18-21-11)6-19-3-1-2-7(5-19)8-4-9(12(14)20)16-15-8/h4,7H,1-3,5-6H2,(H2,14,20)(H,15,16)/t7-/m0/s1. The van der Waals surface area contributed by atoms with Crippen LogP contribution in [-0.2, 0) is 6.54 Å². The fourth-order valence-corrected chi connectivity index (χ4v) is 3.24. The molecule has 3 rings (SSSR count). The molecule has 0 unspecified atom stereocenters. The molecule has 2 aromatic heterocycles. The summed E-state index contributed by atoms with van der Waals surface area (Å²) in [7, 11) is 0. The van der Waals surface area contributed by atoms with Crippen molar-refractivity contribution in [3.05, 3.63) is 27.5 Å². The normalized spacial score (nSPS) is 19.8. The van der Waals surface area contributed by atoms with Gasteiger partial charge in [-0.25, -0.2) is 0 Å². The van der Waals surface area contributed by atoms with Crippen molar-refractivity contribution in [3.8, 4) is 0 Å². The Kier molecular flexibility index (Phi) is 4.18. The summed E-state index contributed by atoms with van der Waals surface area (Å²) in [5.41, 5.74) is 7.29. The Labute approximate surface area is 130 Å². The second kappa shape index (κ2) is 6.08. The number of aromatic nitrogens is 4. The van der Waals surface area contributed by atoms with Gasteiger partial charge in [0.1, 0.15) is 15.7 Å². The predicted molar refractivity (Wildman–Crippen MR) is 79.3 cm³/mol. The number of piperidine rings is 1. The molecule has 0 aliphatic carbocycles. The van der Waals surface area contributed by atoms with E-state index in [4.69, 9.17) is 17.3 Å². The highest BCUT2D eigenvalue weighted by Gasteiger charge is 2.24. The zero-order valence-corrected chi connectivity index (χ0v) is 12.8. The van der Waals surface area contributed by atoms with Gasteiger partial charge in [-0.05, 0) is 25.5 Å². The van der Waals surface area contributed by atoms with E-state index in [1.165, 1.54) is 11.5 Å². The van der Waals surface area contributed by atoms with Gasteiger partial charge in [0.2, 0.25) is 0 Å². The Morgan fingerprint density at radius 1 is 1.62 bits per heavy atom. The lowest BCUT2D eigenvalue weighted by Gasteiger charge is -2.31. The van der Waals surface area contributed by atoms with Crippen LogP contribution in [-0.4, -0.2) is 43.7 Å². The predicted octanol–water partition coefficient (Wildman–Crippen LogP) is 1.39. The van der Waals surface area contributed by atoms with Crippen LogP contribution in [0.25, 0.3) is 0 Å². The number of carbonyl (C=O) groups is 1. The molecule has 0 saturated carbocycles. The molecule has 9 heteroatoms. The van der Waals surface area contributed by atoms with E-state index >= 15 is 0 Å². The summed E-state index contributed by atoms with van der Waals surface area (Å²) in [5.74, 6) is -0.199. The number of aromatic amines is 1. The zero-order chi connectivity index (χ0) is 14.8. The molecule has 0 spiro atoms. The number of hydrogen-bond acceptors (Lipinski definition) is 6. The zero-order valence-electron chi connectivity index (χ0n) is 11.3. The van der Waals surface area contributed by atoms with Crippen molar-refractivity contribution in [2.45, 2.75) is 25.3 Å². The highest BCUT2D eigenvalue weighted by atomic mass is 35.5. The maximum atomic E-state index is 11.1. The summed E-state index contributed by atoms with van der Waals surface area (Å²) in [6.45, 7) is 2.57. The highest BCUT2D eigenvalue weighted by Crippen LogP contribution is 2.28. The number of carbonyl (C=O) groups excluding carboxylic acids is 1. The number of rotatable bonds is 4. The quantitative estimate of drug-likeness (QED) is 0.884. The first-order chi connectivity index (χ1) is 10.1. The lowest BCUT2D eigenvalue weighted by atomic mass is 9.94. The number of primary amides is 1. The van der Waals surface area contributed by atoms with E-state index in [1.807, 2.05) is 0 Å². The average molecular weight is 327 g/mol. The molecule has 1 atom stereocenters. The molecule has 0 radical (unpaired) electrons. The van der Waals surface area contributed by atoms with Crippen LogP contribution >= 0.6 is 23.1 Å². The largest absolute Gasteiger partial charge is 0.364 e. The lowest BCUT2D eigenvalue weighted by Crippen LogP contribution is -2.34. The van der Waals surface area contributed by atoms with E-state index in [0.717, 1.165) is 37.3 Å². The molecular weight excluding hydrogens is 312 g/mol. The minimum atomic E-state index is -0.509. The second-order valence-electron chi connectivity index (χ2n) is 5.14. The Balaban J connectivity index is 1.67. The van der Waals surface area contributed by atoms with Crippen LogP contribution in [0.1, 0.15) is 40.6 Å². The number of amides is 1. The summed E-state index contributed by atoms with van der Waals surface area (Å²) in [4.78, 5) is 13.4. The number of likely N-dealkylation sites (tertiary alicyclic amines) is 1. The first-order valence-corrected chi connectivity index (χ1v) is 7.83. The molecule has 0 aromatic carbocycles. The topological polar surface area (TPSA) is 101 Å². The fraction of sp³-hybridized carbons (Fsp3) is 0.500. The van der Waals surface area contributed by atoms with Gasteiger partial charge < -0.3 is 5.73 Å². The number of halogens is 1. The van der Waals surface area contributed by atoms with Crippen LogP contribution in [0.4, 0.5) is 0 Å². The number of nitrogens with two attached hydrogens (primary N) is 1. The smallest absolute Gasteiger partial charge is 0.269 e. The van der Waals surface area contributed by atoms with Crippen molar-refractivity contribution in [1.82, 2.24) is 24.7 Å². The van der Waals surface area contributed by atoms with Crippen molar-refractivity contribution in [2.24, 2.45) is 5.73 Å². The maximum absolute atomic E-state index is 11.1. The number of hydrogen-bond donors (Lipinski definition) is 2. The molecule has 3 N–H and O–H groups in total. The third-order valence-electron chi connectivity index (χ3n) is 3.68. The van der Waals surface area contributed by atoms with E-state index in [9.17, 15) is 4.79 Å². The third kappa shape index (κ3) is 3.22. The van der Waals surface area contributed by atoms with E-state index in [0.29, 0.717) is 16.8 Å². The van der Waals surface area contributed by atoms with Gasteiger partial charge in [0.25, 0.3) is 5.91 Å². The SMILES string of the molecule is NC(=O)c1cc([C@H]2CCCN(Cc3nnsc3Cl)C2)[nH]n1. The summed E-state index contributed by atoms with van der Waals surface area (Å²) in [6.07, 6.45) is 2.13. The van der Waals surface area contributed by atoms with Gasteiger partial charge in [-0.2, -0.15) is 5.10 Å². The summed E-state index contributed by atoms with van der Waals surface area (Å²) in [5, 5.41) is 10.9. The van der Waals surface area contributed by atoms with Gasteiger partial charge >= 0.3 is 0 Å². The first kappa shape index (κ1) is 14.4. The first-order valence-electron chi connectivity index (χ1n) is 6.67. The molecule has 21 heavy (non-hydrogen) atoms. The van der Waals surface area contributed by atoms with Crippen molar-refractivity contribution >= 4 is 29.0 Å². The van der Waals surface area contributed by atoms with Gasteiger partial charge in [0.05, 0.1) is 0 Å².